The number of benzene rings is 2. The van der Waals surface area contributed by atoms with Gasteiger partial charge in [-0.25, -0.2) is 4.39 Å². The van der Waals surface area contributed by atoms with Crippen LogP contribution in [0.3, 0.4) is 0 Å². The molecule has 126 valence electrons. The van der Waals surface area contributed by atoms with Crippen LogP contribution in [0.4, 0.5) is 4.39 Å². The van der Waals surface area contributed by atoms with Crippen molar-refractivity contribution in [3.63, 3.8) is 0 Å². The number of carbonyl (C=O) groups excluding carboxylic acids is 1. The van der Waals surface area contributed by atoms with Crippen molar-refractivity contribution in [2.45, 2.75) is 12.8 Å². The molecule has 5 heteroatoms. The monoisotopic (exact) mass is 346 g/mol. The van der Waals surface area contributed by atoms with Crippen LogP contribution in [0.15, 0.2) is 42.5 Å². The van der Waals surface area contributed by atoms with E-state index in [-0.39, 0.29) is 10.9 Å². The number of piperidine rings is 1. The molecule has 24 heavy (non-hydrogen) atoms. The average molecular weight is 347 g/mol. The molecular formula is C19H20ClFN2O. The van der Waals surface area contributed by atoms with Gasteiger partial charge < -0.3 is 10.6 Å². The standard InChI is InChI=1S/C19H20ClFN2O/c20-17-11-14(5-6-18(17)21)15-3-1-2-4-16(15)19(24)23-12-13-7-9-22-10-8-13/h1-6,11,13,22H,7-10,12H2,(H,23,24). The lowest BCUT2D eigenvalue weighted by molar-refractivity contribution is 0.0945. The van der Waals surface area contributed by atoms with Gasteiger partial charge >= 0.3 is 0 Å². The molecule has 2 aromatic rings. The number of rotatable bonds is 4. The van der Waals surface area contributed by atoms with Crippen molar-refractivity contribution in [2.75, 3.05) is 19.6 Å². The number of hydrogen-bond acceptors (Lipinski definition) is 2. The molecule has 0 aromatic heterocycles. The minimum Gasteiger partial charge on any atom is -0.352 e. The summed E-state index contributed by atoms with van der Waals surface area (Å²) in [6.45, 7) is 2.69. The Bertz CT molecular complexity index is 729. The second kappa shape index (κ2) is 7.77. The van der Waals surface area contributed by atoms with E-state index in [0.29, 0.717) is 18.0 Å². The number of nitrogens with one attached hydrogen (secondary N) is 2. The van der Waals surface area contributed by atoms with Crippen LogP contribution in [0, 0.1) is 11.7 Å². The van der Waals surface area contributed by atoms with Crippen molar-refractivity contribution >= 4 is 17.5 Å². The van der Waals surface area contributed by atoms with Crippen LogP contribution in [0.25, 0.3) is 11.1 Å². The quantitative estimate of drug-likeness (QED) is 0.882. The minimum atomic E-state index is -0.465. The van der Waals surface area contributed by atoms with Gasteiger partial charge in [0, 0.05) is 12.1 Å². The second-order valence-electron chi connectivity index (χ2n) is 6.08. The third-order valence-corrected chi connectivity index (χ3v) is 4.70. The molecule has 0 aliphatic carbocycles. The first-order valence-electron chi connectivity index (χ1n) is 8.18. The predicted octanol–water partition coefficient (Wildman–Crippen LogP) is 3.88. The summed E-state index contributed by atoms with van der Waals surface area (Å²) >= 11 is 5.88. The summed E-state index contributed by atoms with van der Waals surface area (Å²) in [7, 11) is 0. The van der Waals surface area contributed by atoms with Crippen LogP contribution in [-0.4, -0.2) is 25.5 Å². The SMILES string of the molecule is O=C(NCC1CCNCC1)c1ccccc1-c1ccc(F)c(Cl)c1. The average Bonchev–Trinajstić information content (AvgIpc) is 2.63. The molecule has 2 aromatic carbocycles. The lowest BCUT2D eigenvalue weighted by Crippen LogP contribution is -2.36. The van der Waals surface area contributed by atoms with Crippen molar-refractivity contribution in [3.05, 3.63) is 58.9 Å². The summed E-state index contributed by atoms with van der Waals surface area (Å²) in [4.78, 5) is 12.6. The summed E-state index contributed by atoms with van der Waals surface area (Å²) in [6.07, 6.45) is 2.16. The molecule has 0 spiro atoms. The molecule has 0 unspecified atom stereocenters. The largest absolute Gasteiger partial charge is 0.352 e. The summed E-state index contributed by atoms with van der Waals surface area (Å²) in [5.41, 5.74) is 2.06. The highest BCUT2D eigenvalue weighted by atomic mass is 35.5. The van der Waals surface area contributed by atoms with Gasteiger partial charge in [-0.3, -0.25) is 4.79 Å². The highest BCUT2D eigenvalue weighted by Gasteiger charge is 2.17. The maximum Gasteiger partial charge on any atom is 0.251 e. The van der Waals surface area contributed by atoms with Gasteiger partial charge in [0.2, 0.25) is 0 Å². The number of halogens is 2. The second-order valence-corrected chi connectivity index (χ2v) is 6.49. The van der Waals surface area contributed by atoms with E-state index in [2.05, 4.69) is 10.6 Å². The molecule has 1 aliphatic rings. The molecule has 3 nitrogen and oxygen atoms in total. The maximum absolute atomic E-state index is 13.4. The summed E-state index contributed by atoms with van der Waals surface area (Å²) in [5, 5.41) is 6.40. The fraction of sp³-hybridized carbons (Fsp3) is 0.316. The van der Waals surface area contributed by atoms with Gasteiger partial charge in [0.05, 0.1) is 5.02 Å². The lowest BCUT2D eigenvalue weighted by atomic mass is 9.97. The van der Waals surface area contributed by atoms with Crippen LogP contribution in [0.2, 0.25) is 5.02 Å². The molecule has 1 amide bonds. The first-order valence-corrected chi connectivity index (χ1v) is 8.56. The molecule has 1 aliphatic heterocycles. The van der Waals surface area contributed by atoms with Crippen LogP contribution >= 0.6 is 11.6 Å². The van der Waals surface area contributed by atoms with Crippen LogP contribution < -0.4 is 10.6 Å². The Hall–Kier alpha value is -1.91. The molecule has 0 saturated carbocycles. The fourth-order valence-electron chi connectivity index (χ4n) is 3.01. The molecule has 1 saturated heterocycles. The van der Waals surface area contributed by atoms with E-state index < -0.39 is 5.82 Å². The summed E-state index contributed by atoms with van der Waals surface area (Å²) in [5.74, 6) is -0.0551. The van der Waals surface area contributed by atoms with Crippen LogP contribution in [-0.2, 0) is 0 Å². The highest BCUT2D eigenvalue weighted by molar-refractivity contribution is 6.31. The van der Waals surface area contributed by atoms with Gasteiger partial charge in [0.1, 0.15) is 5.82 Å². The molecular weight excluding hydrogens is 327 g/mol. The van der Waals surface area contributed by atoms with Gasteiger partial charge in [-0.1, -0.05) is 35.9 Å². The van der Waals surface area contributed by atoms with E-state index in [1.165, 1.54) is 6.07 Å². The molecule has 3 rings (SSSR count). The Kier molecular flexibility index (Phi) is 5.48. The smallest absolute Gasteiger partial charge is 0.251 e. The van der Waals surface area contributed by atoms with E-state index in [9.17, 15) is 9.18 Å². The Morgan fingerprint density at radius 2 is 1.96 bits per heavy atom. The predicted molar refractivity (Wildman–Crippen MR) is 94.8 cm³/mol. The zero-order valence-corrected chi connectivity index (χ0v) is 14.1. The van der Waals surface area contributed by atoms with Crippen LogP contribution in [0.1, 0.15) is 23.2 Å². The minimum absolute atomic E-state index is 0.0532. The van der Waals surface area contributed by atoms with E-state index in [4.69, 9.17) is 11.6 Å². The first kappa shape index (κ1) is 16.9. The molecule has 0 radical (unpaired) electrons. The fourth-order valence-corrected chi connectivity index (χ4v) is 3.20. The Morgan fingerprint density at radius 3 is 2.71 bits per heavy atom. The normalized spacial score (nSPS) is 15.2. The molecule has 2 N–H and O–H groups in total. The van der Waals surface area contributed by atoms with Crippen molar-refractivity contribution < 1.29 is 9.18 Å². The van der Waals surface area contributed by atoms with Crippen molar-refractivity contribution in [3.8, 4) is 11.1 Å². The van der Waals surface area contributed by atoms with Gasteiger partial charge in [-0.05, 0) is 61.2 Å². The van der Waals surface area contributed by atoms with E-state index in [0.717, 1.165) is 37.1 Å². The Morgan fingerprint density at radius 1 is 1.21 bits per heavy atom. The molecule has 1 fully saturated rings. The Labute approximate surface area is 146 Å². The topological polar surface area (TPSA) is 41.1 Å². The summed E-state index contributed by atoms with van der Waals surface area (Å²) < 4.78 is 13.4. The van der Waals surface area contributed by atoms with Gasteiger partial charge in [-0.15, -0.1) is 0 Å². The lowest BCUT2D eigenvalue weighted by Gasteiger charge is -2.23. The van der Waals surface area contributed by atoms with Crippen LogP contribution in [0.5, 0.6) is 0 Å². The number of hydrogen-bond donors (Lipinski definition) is 2. The zero-order chi connectivity index (χ0) is 16.9. The number of carbonyl (C=O) groups is 1. The molecule has 0 atom stereocenters. The third kappa shape index (κ3) is 3.94. The van der Waals surface area contributed by atoms with E-state index >= 15 is 0 Å². The highest BCUT2D eigenvalue weighted by Crippen LogP contribution is 2.27. The van der Waals surface area contributed by atoms with Gasteiger partial charge in [0.25, 0.3) is 5.91 Å². The van der Waals surface area contributed by atoms with E-state index in [1.807, 2.05) is 18.2 Å². The zero-order valence-electron chi connectivity index (χ0n) is 13.3. The molecule has 1 heterocycles. The first-order chi connectivity index (χ1) is 11.6. The molecule has 0 bridgehead atoms. The van der Waals surface area contributed by atoms with Gasteiger partial charge in [0.15, 0.2) is 0 Å². The maximum atomic E-state index is 13.4. The van der Waals surface area contributed by atoms with Gasteiger partial charge in [-0.2, -0.15) is 0 Å². The summed E-state index contributed by atoms with van der Waals surface area (Å²) in [6, 6.07) is 11.8. The van der Waals surface area contributed by atoms with Crippen molar-refractivity contribution in [2.24, 2.45) is 5.92 Å². The number of amides is 1. The van der Waals surface area contributed by atoms with Crippen molar-refractivity contribution in [1.29, 1.82) is 0 Å². The van der Waals surface area contributed by atoms with Crippen molar-refractivity contribution in [1.82, 2.24) is 10.6 Å². The third-order valence-electron chi connectivity index (χ3n) is 4.41. The Balaban J connectivity index is 1.77. The van der Waals surface area contributed by atoms with E-state index in [1.54, 1.807) is 18.2 Å².